The summed E-state index contributed by atoms with van der Waals surface area (Å²) in [6.07, 6.45) is 4.30. The number of nitrogens with zero attached hydrogens (tertiary/aromatic N) is 1. The number of hydrogen-bond acceptors (Lipinski definition) is 3. The molecular formula is C14H27N3O2. The van der Waals surface area contributed by atoms with Crippen LogP contribution in [0.1, 0.15) is 46.0 Å². The number of carbonyl (C=O) groups is 2. The molecule has 5 nitrogen and oxygen atoms in total. The van der Waals surface area contributed by atoms with E-state index in [0.29, 0.717) is 19.6 Å². The number of nitrogens with one attached hydrogen (secondary N) is 1. The molecular weight excluding hydrogens is 242 g/mol. The Morgan fingerprint density at radius 3 is 2.47 bits per heavy atom. The summed E-state index contributed by atoms with van der Waals surface area (Å²) in [5.41, 5.74) is 5.91. The van der Waals surface area contributed by atoms with Gasteiger partial charge in [-0.2, -0.15) is 0 Å². The Labute approximate surface area is 115 Å². The van der Waals surface area contributed by atoms with Gasteiger partial charge in [-0.15, -0.1) is 0 Å². The van der Waals surface area contributed by atoms with Crippen LogP contribution in [0.15, 0.2) is 0 Å². The van der Waals surface area contributed by atoms with Crippen LogP contribution in [0.4, 0.5) is 0 Å². The number of amides is 2. The maximum Gasteiger partial charge on any atom is 0.239 e. The van der Waals surface area contributed by atoms with E-state index in [1.165, 1.54) is 0 Å². The Balaban J connectivity index is 2.36. The van der Waals surface area contributed by atoms with E-state index in [9.17, 15) is 9.59 Å². The first kappa shape index (κ1) is 16.0. The Kier molecular flexibility index (Phi) is 6.84. The SMILES string of the molecule is CCCC[C@H](N)C(=O)N1CCC(C(=O)NCC)CC1. The van der Waals surface area contributed by atoms with Crippen LogP contribution in [0, 0.1) is 5.92 Å². The fourth-order valence-electron chi connectivity index (χ4n) is 2.46. The number of carbonyl (C=O) groups excluding carboxylic acids is 2. The first-order chi connectivity index (χ1) is 9.10. The van der Waals surface area contributed by atoms with Crippen LogP contribution in [-0.4, -0.2) is 42.4 Å². The molecule has 1 saturated heterocycles. The molecule has 0 aliphatic carbocycles. The molecule has 0 aromatic rings. The third-order valence-corrected chi connectivity index (χ3v) is 3.71. The minimum Gasteiger partial charge on any atom is -0.356 e. The molecule has 0 bridgehead atoms. The molecule has 1 aliphatic rings. The largest absolute Gasteiger partial charge is 0.356 e. The fourth-order valence-corrected chi connectivity index (χ4v) is 2.46. The van der Waals surface area contributed by atoms with E-state index in [1.54, 1.807) is 0 Å². The number of rotatable bonds is 6. The monoisotopic (exact) mass is 269 g/mol. The predicted molar refractivity (Wildman–Crippen MR) is 75.5 cm³/mol. The average Bonchev–Trinajstić information content (AvgIpc) is 2.44. The van der Waals surface area contributed by atoms with Gasteiger partial charge in [0, 0.05) is 25.6 Å². The smallest absolute Gasteiger partial charge is 0.239 e. The Morgan fingerprint density at radius 2 is 1.95 bits per heavy atom. The summed E-state index contributed by atoms with van der Waals surface area (Å²) in [7, 11) is 0. The van der Waals surface area contributed by atoms with Gasteiger partial charge in [0.05, 0.1) is 6.04 Å². The molecule has 0 saturated carbocycles. The van der Waals surface area contributed by atoms with Crippen LogP contribution in [0.25, 0.3) is 0 Å². The van der Waals surface area contributed by atoms with Gasteiger partial charge < -0.3 is 16.0 Å². The van der Waals surface area contributed by atoms with Crippen LogP contribution in [0.5, 0.6) is 0 Å². The second-order valence-corrected chi connectivity index (χ2v) is 5.24. The summed E-state index contributed by atoms with van der Waals surface area (Å²) in [4.78, 5) is 25.6. The van der Waals surface area contributed by atoms with Crippen molar-refractivity contribution in [2.24, 2.45) is 11.7 Å². The number of unbranched alkanes of at least 4 members (excludes halogenated alkanes) is 1. The van der Waals surface area contributed by atoms with E-state index in [0.717, 1.165) is 32.1 Å². The molecule has 0 radical (unpaired) electrons. The van der Waals surface area contributed by atoms with Crippen LogP contribution >= 0.6 is 0 Å². The van der Waals surface area contributed by atoms with Crippen molar-refractivity contribution in [2.45, 2.75) is 52.0 Å². The normalized spacial score (nSPS) is 18.2. The Hall–Kier alpha value is -1.10. The van der Waals surface area contributed by atoms with Crippen molar-refractivity contribution in [2.75, 3.05) is 19.6 Å². The fraction of sp³-hybridized carbons (Fsp3) is 0.857. The van der Waals surface area contributed by atoms with Crippen molar-refractivity contribution in [1.82, 2.24) is 10.2 Å². The summed E-state index contributed by atoms with van der Waals surface area (Å²) < 4.78 is 0. The van der Waals surface area contributed by atoms with Gasteiger partial charge in [-0.1, -0.05) is 19.8 Å². The summed E-state index contributed by atoms with van der Waals surface area (Å²) in [5, 5.41) is 2.84. The lowest BCUT2D eigenvalue weighted by atomic mass is 9.95. The minimum absolute atomic E-state index is 0.0443. The lowest BCUT2D eigenvalue weighted by molar-refractivity contribution is -0.136. The predicted octanol–water partition coefficient (Wildman–Crippen LogP) is 0.879. The van der Waals surface area contributed by atoms with Crippen molar-refractivity contribution in [3.05, 3.63) is 0 Å². The Morgan fingerprint density at radius 1 is 1.32 bits per heavy atom. The van der Waals surface area contributed by atoms with Crippen molar-refractivity contribution < 1.29 is 9.59 Å². The van der Waals surface area contributed by atoms with Crippen LogP contribution < -0.4 is 11.1 Å². The van der Waals surface area contributed by atoms with Gasteiger partial charge in [-0.3, -0.25) is 9.59 Å². The summed E-state index contributed by atoms with van der Waals surface area (Å²) in [6, 6.07) is -0.374. The number of piperidine rings is 1. The van der Waals surface area contributed by atoms with Crippen molar-refractivity contribution in [3.63, 3.8) is 0 Å². The second-order valence-electron chi connectivity index (χ2n) is 5.24. The van der Waals surface area contributed by atoms with Crippen molar-refractivity contribution >= 4 is 11.8 Å². The van der Waals surface area contributed by atoms with Crippen molar-refractivity contribution in [3.8, 4) is 0 Å². The first-order valence-electron chi connectivity index (χ1n) is 7.42. The zero-order chi connectivity index (χ0) is 14.3. The molecule has 0 aromatic heterocycles. The summed E-state index contributed by atoms with van der Waals surface area (Å²) >= 11 is 0. The van der Waals surface area contributed by atoms with E-state index in [4.69, 9.17) is 5.73 Å². The molecule has 3 N–H and O–H groups in total. The standard InChI is InChI=1S/C14H27N3O2/c1-3-5-6-12(15)14(19)17-9-7-11(8-10-17)13(18)16-4-2/h11-12H,3-10,15H2,1-2H3,(H,16,18)/t12-/m0/s1. The van der Waals surface area contributed by atoms with Gasteiger partial charge in [-0.05, 0) is 26.2 Å². The van der Waals surface area contributed by atoms with Gasteiger partial charge in [0.2, 0.25) is 11.8 Å². The van der Waals surface area contributed by atoms with E-state index >= 15 is 0 Å². The highest BCUT2D eigenvalue weighted by Gasteiger charge is 2.28. The molecule has 110 valence electrons. The maximum absolute atomic E-state index is 12.1. The first-order valence-corrected chi connectivity index (χ1v) is 7.42. The number of likely N-dealkylation sites (tertiary alicyclic amines) is 1. The lowest BCUT2D eigenvalue weighted by Gasteiger charge is -2.32. The summed E-state index contributed by atoms with van der Waals surface area (Å²) in [5.74, 6) is 0.212. The van der Waals surface area contributed by atoms with Crippen LogP contribution in [-0.2, 0) is 9.59 Å². The van der Waals surface area contributed by atoms with E-state index in [-0.39, 0.29) is 23.8 Å². The average molecular weight is 269 g/mol. The topological polar surface area (TPSA) is 75.4 Å². The minimum atomic E-state index is -0.374. The van der Waals surface area contributed by atoms with Crippen LogP contribution in [0.2, 0.25) is 0 Å². The Bertz CT molecular complexity index is 299. The molecule has 1 heterocycles. The molecule has 5 heteroatoms. The van der Waals surface area contributed by atoms with E-state index in [2.05, 4.69) is 12.2 Å². The van der Waals surface area contributed by atoms with Crippen LogP contribution in [0.3, 0.4) is 0 Å². The molecule has 19 heavy (non-hydrogen) atoms. The second kappa shape index (κ2) is 8.15. The van der Waals surface area contributed by atoms with Gasteiger partial charge >= 0.3 is 0 Å². The third kappa shape index (κ3) is 4.82. The van der Waals surface area contributed by atoms with Gasteiger partial charge in [0.15, 0.2) is 0 Å². The lowest BCUT2D eigenvalue weighted by Crippen LogP contribution is -2.48. The number of hydrogen-bond donors (Lipinski definition) is 2. The maximum atomic E-state index is 12.1. The van der Waals surface area contributed by atoms with E-state index in [1.807, 2.05) is 11.8 Å². The van der Waals surface area contributed by atoms with Gasteiger partial charge in [0.1, 0.15) is 0 Å². The molecule has 1 rings (SSSR count). The highest BCUT2D eigenvalue weighted by atomic mass is 16.2. The molecule has 1 fully saturated rings. The summed E-state index contributed by atoms with van der Waals surface area (Å²) in [6.45, 7) is 5.99. The highest BCUT2D eigenvalue weighted by Crippen LogP contribution is 2.18. The third-order valence-electron chi connectivity index (χ3n) is 3.71. The van der Waals surface area contributed by atoms with Crippen molar-refractivity contribution in [1.29, 1.82) is 0 Å². The molecule has 0 spiro atoms. The molecule has 0 aromatic carbocycles. The molecule has 1 aliphatic heterocycles. The quantitative estimate of drug-likeness (QED) is 0.751. The zero-order valence-electron chi connectivity index (χ0n) is 12.2. The van der Waals surface area contributed by atoms with Gasteiger partial charge in [0.25, 0.3) is 0 Å². The van der Waals surface area contributed by atoms with E-state index < -0.39 is 0 Å². The molecule has 1 atom stereocenters. The van der Waals surface area contributed by atoms with Gasteiger partial charge in [-0.25, -0.2) is 0 Å². The molecule has 2 amide bonds. The number of nitrogens with two attached hydrogens (primary N) is 1. The zero-order valence-corrected chi connectivity index (χ0v) is 12.2. The molecule has 0 unspecified atom stereocenters. The highest BCUT2D eigenvalue weighted by molar-refractivity contribution is 5.82.